The minimum absolute atomic E-state index is 0.197. The number of carbonyl (C=O) groups is 1. The van der Waals surface area contributed by atoms with Crippen LogP contribution in [0.4, 0.5) is 11.6 Å². The average Bonchev–Trinajstić information content (AvgIpc) is 2.68. The van der Waals surface area contributed by atoms with E-state index in [1.165, 1.54) is 0 Å². The van der Waals surface area contributed by atoms with Crippen LogP contribution in [0.2, 0.25) is 0 Å². The van der Waals surface area contributed by atoms with Crippen molar-refractivity contribution in [2.24, 2.45) is 0 Å². The number of rotatable bonds is 7. The second-order valence-corrected chi connectivity index (χ2v) is 6.04. The van der Waals surface area contributed by atoms with Gasteiger partial charge < -0.3 is 15.4 Å². The zero-order valence-corrected chi connectivity index (χ0v) is 15.4. The highest BCUT2D eigenvalue weighted by Gasteiger charge is 2.10. The Hall–Kier alpha value is -3.41. The van der Waals surface area contributed by atoms with Crippen molar-refractivity contribution in [1.29, 1.82) is 0 Å². The van der Waals surface area contributed by atoms with Gasteiger partial charge in [0.15, 0.2) is 0 Å². The van der Waals surface area contributed by atoms with E-state index in [0.717, 1.165) is 29.3 Å². The number of carbonyl (C=O) groups excluding carboxylic acids is 1. The summed E-state index contributed by atoms with van der Waals surface area (Å²) in [5.74, 6) is 1.70. The highest BCUT2D eigenvalue weighted by Crippen LogP contribution is 2.23. The van der Waals surface area contributed by atoms with E-state index in [2.05, 4.69) is 20.6 Å². The molecule has 3 aromatic rings. The molecule has 0 saturated carbocycles. The quantitative estimate of drug-likeness (QED) is 0.649. The lowest BCUT2D eigenvalue weighted by Crippen LogP contribution is -2.25. The number of anilines is 2. The summed E-state index contributed by atoms with van der Waals surface area (Å²) in [5.41, 5.74) is 1.88. The molecule has 1 heterocycles. The first kappa shape index (κ1) is 18.4. The molecule has 0 spiro atoms. The van der Waals surface area contributed by atoms with Crippen LogP contribution in [0.5, 0.6) is 11.5 Å². The van der Waals surface area contributed by atoms with Gasteiger partial charge in [-0.1, -0.05) is 25.1 Å². The predicted octanol–water partition coefficient (Wildman–Crippen LogP) is 4.46. The molecular weight excluding hydrogens is 340 g/mol. The number of ether oxygens (including phenoxy) is 1. The number of nitrogens with zero attached hydrogens (tertiary/aromatic N) is 2. The van der Waals surface area contributed by atoms with E-state index in [1.807, 2.05) is 68.4 Å². The van der Waals surface area contributed by atoms with Crippen LogP contribution in [0.25, 0.3) is 0 Å². The van der Waals surface area contributed by atoms with Gasteiger partial charge in [-0.2, -0.15) is 0 Å². The van der Waals surface area contributed by atoms with Crippen LogP contribution >= 0.6 is 0 Å². The second-order valence-electron chi connectivity index (χ2n) is 6.04. The molecule has 2 N–H and O–H groups in total. The standard InChI is InChI=1S/C21H22N4O2/c1-3-13-22-20(26)19-14-15(2)23-21(25-19)24-16-9-11-18(12-10-16)27-17-7-5-4-6-8-17/h4-12,14H,3,13H2,1-2H3,(H,22,26)(H,23,24,25). The minimum Gasteiger partial charge on any atom is -0.457 e. The normalized spacial score (nSPS) is 10.3. The Labute approximate surface area is 158 Å². The highest BCUT2D eigenvalue weighted by molar-refractivity contribution is 5.92. The van der Waals surface area contributed by atoms with Gasteiger partial charge in [0.25, 0.3) is 5.91 Å². The summed E-state index contributed by atoms with van der Waals surface area (Å²) >= 11 is 0. The van der Waals surface area contributed by atoms with Crippen LogP contribution in [0.1, 0.15) is 29.5 Å². The van der Waals surface area contributed by atoms with Crippen LogP contribution in [-0.2, 0) is 0 Å². The topological polar surface area (TPSA) is 76.1 Å². The summed E-state index contributed by atoms with van der Waals surface area (Å²) in [7, 11) is 0. The number of amides is 1. The summed E-state index contributed by atoms with van der Waals surface area (Å²) in [6.07, 6.45) is 0.873. The van der Waals surface area contributed by atoms with Gasteiger partial charge in [-0.3, -0.25) is 4.79 Å². The number of aryl methyl sites for hydroxylation is 1. The molecule has 0 bridgehead atoms. The van der Waals surface area contributed by atoms with Crippen molar-refractivity contribution in [1.82, 2.24) is 15.3 Å². The maximum atomic E-state index is 12.1. The molecule has 0 aliphatic carbocycles. The zero-order chi connectivity index (χ0) is 19.1. The first-order valence-electron chi connectivity index (χ1n) is 8.88. The van der Waals surface area contributed by atoms with Crippen LogP contribution in [0, 0.1) is 6.92 Å². The molecule has 27 heavy (non-hydrogen) atoms. The van der Waals surface area contributed by atoms with Crippen molar-refractivity contribution < 1.29 is 9.53 Å². The van der Waals surface area contributed by atoms with E-state index in [9.17, 15) is 4.79 Å². The predicted molar refractivity (Wildman–Crippen MR) is 106 cm³/mol. The molecule has 0 aliphatic heterocycles. The van der Waals surface area contributed by atoms with Crippen LogP contribution in [0.3, 0.4) is 0 Å². The molecule has 6 nitrogen and oxygen atoms in total. The number of para-hydroxylation sites is 1. The molecule has 6 heteroatoms. The number of hydrogen-bond donors (Lipinski definition) is 2. The Morgan fingerprint density at radius 1 is 1.00 bits per heavy atom. The summed E-state index contributed by atoms with van der Waals surface area (Å²) < 4.78 is 5.78. The fraction of sp³-hybridized carbons (Fsp3) is 0.190. The second kappa shape index (κ2) is 8.80. The lowest BCUT2D eigenvalue weighted by Gasteiger charge is -2.10. The molecule has 138 valence electrons. The molecule has 0 saturated heterocycles. The van der Waals surface area contributed by atoms with Crippen LogP contribution in [-0.4, -0.2) is 22.4 Å². The van der Waals surface area contributed by atoms with E-state index in [1.54, 1.807) is 6.07 Å². The fourth-order valence-corrected chi connectivity index (χ4v) is 2.43. The Morgan fingerprint density at radius 2 is 1.70 bits per heavy atom. The number of nitrogens with one attached hydrogen (secondary N) is 2. The van der Waals surface area contributed by atoms with E-state index < -0.39 is 0 Å². The SMILES string of the molecule is CCCNC(=O)c1cc(C)nc(Nc2ccc(Oc3ccccc3)cc2)n1. The molecular formula is C21H22N4O2. The van der Waals surface area contributed by atoms with Crippen molar-refractivity contribution in [3.05, 3.63) is 72.1 Å². The summed E-state index contributed by atoms with van der Waals surface area (Å²) in [6, 6.07) is 18.7. The third-order valence-corrected chi connectivity index (χ3v) is 3.71. The van der Waals surface area contributed by atoms with E-state index in [-0.39, 0.29) is 5.91 Å². The molecule has 0 atom stereocenters. The summed E-state index contributed by atoms with van der Waals surface area (Å²) in [4.78, 5) is 20.8. The first-order valence-corrected chi connectivity index (χ1v) is 8.88. The molecule has 0 radical (unpaired) electrons. The molecule has 1 amide bonds. The maximum absolute atomic E-state index is 12.1. The minimum atomic E-state index is -0.197. The number of benzene rings is 2. The third kappa shape index (κ3) is 5.28. The lowest BCUT2D eigenvalue weighted by molar-refractivity contribution is 0.0948. The van der Waals surface area contributed by atoms with Gasteiger partial charge in [0, 0.05) is 17.9 Å². The Bertz CT molecular complexity index is 896. The maximum Gasteiger partial charge on any atom is 0.270 e. The molecule has 1 aromatic heterocycles. The van der Waals surface area contributed by atoms with Crippen LogP contribution < -0.4 is 15.4 Å². The van der Waals surface area contributed by atoms with Crippen molar-refractivity contribution in [2.45, 2.75) is 20.3 Å². The van der Waals surface area contributed by atoms with Crippen molar-refractivity contribution in [3.8, 4) is 11.5 Å². The van der Waals surface area contributed by atoms with Crippen LogP contribution in [0.15, 0.2) is 60.7 Å². The Morgan fingerprint density at radius 3 is 2.41 bits per heavy atom. The average molecular weight is 362 g/mol. The summed E-state index contributed by atoms with van der Waals surface area (Å²) in [6.45, 7) is 4.46. The molecule has 0 fully saturated rings. The molecule has 2 aromatic carbocycles. The van der Waals surface area contributed by atoms with Gasteiger partial charge in [0.2, 0.25) is 5.95 Å². The zero-order valence-electron chi connectivity index (χ0n) is 15.4. The largest absolute Gasteiger partial charge is 0.457 e. The van der Waals surface area contributed by atoms with Gasteiger partial charge in [-0.05, 0) is 55.8 Å². The van der Waals surface area contributed by atoms with Gasteiger partial charge >= 0.3 is 0 Å². The third-order valence-electron chi connectivity index (χ3n) is 3.71. The van der Waals surface area contributed by atoms with Gasteiger partial charge in [0.1, 0.15) is 17.2 Å². The lowest BCUT2D eigenvalue weighted by atomic mass is 10.3. The highest BCUT2D eigenvalue weighted by atomic mass is 16.5. The Balaban J connectivity index is 1.69. The smallest absolute Gasteiger partial charge is 0.270 e. The molecule has 0 aliphatic rings. The van der Waals surface area contributed by atoms with E-state index in [0.29, 0.717) is 18.2 Å². The van der Waals surface area contributed by atoms with Crippen molar-refractivity contribution in [3.63, 3.8) is 0 Å². The molecule has 0 unspecified atom stereocenters. The van der Waals surface area contributed by atoms with Gasteiger partial charge in [-0.25, -0.2) is 9.97 Å². The van der Waals surface area contributed by atoms with Gasteiger partial charge in [-0.15, -0.1) is 0 Å². The van der Waals surface area contributed by atoms with Gasteiger partial charge in [0.05, 0.1) is 0 Å². The summed E-state index contributed by atoms with van der Waals surface area (Å²) in [5, 5.41) is 5.95. The Kier molecular flexibility index (Phi) is 5.99. The first-order chi connectivity index (χ1) is 13.1. The van der Waals surface area contributed by atoms with E-state index >= 15 is 0 Å². The van der Waals surface area contributed by atoms with E-state index in [4.69, 9.17) is 4.74 Å². The number of hydrogen-bond acceptors (Lipinski definition) is 5. The van der Waals surface area contributed by atoms with Crippen molar-refractivity contribution in [2.75, 3.05) is 11.9 Å². The fourth-order valence-electron chi connectivity index (χ4n) is 2.43. The number of aromatic nitrogens is 2. The van der Waals surface area contributed by atoms with Crippen molar-refractivity contribution >= 4 is 17.5 Å². The monoisotopic (exact) mass is 362 g/mol. The molecule has 3 rings (SSSR count).